The van der Waals surface area contributed by atoms with Crippen LogP contribution < -0.4 is 4.74 Å². The number of ether oxygens (including phenoxy) is 1. The molecule has 0 saturated heterocycles. The molecule has 0 heterocycles. The molecule has 0 saturated carbocycles. The Hall–Kier alpha value is -0.990. The Morgan fingerprint density at radius 3 is 2.61 bits per heavy atom. The lowest BCUT2D eigenvalue weighted by Crippen LogP contribution is -1.93. The van der Waals surface area contributed by atoms with Gasteiger partial charge in [0.2, 0.25) is 0 Å². The Balaban J connectivity index is 2.13. The first kappa shape index (κ1) is 10.9. The van der Waals surface area contributed by atoms with Gasteiger partial charge in [0.05, 0.1) is 9.30 Å². The molecule has 0 unspecified atom stereocenters. The van der Waals surface area contributed by atoms with E-state index in [4.69, 9.17) is 19.1 Å². The maximum absolute atomic E-state index is 7.38. The van der Waals surface area contributed by atoms with Gasteiger partial charge in [0.1, 0.15) is 5.75 Å². The molecule has 3 heteroatoms. The molecule has 0 atom stereocenters. The molecule has 0 bridgehead atoms. The van der Waals surface area contributed by atoms with Crippen LogP contribution in [0.3, 0.4) is 0 Å². The summed E-state index contributed by atoms with van der Waals surface area (Å²) in [7, 11) is 0. The quantitative estimate of drug-likeness (QED) is 0.760. The highest BCUT2D eigenvalue weighted by Gasteiger charge is 2.03. The van der Waals surface area contributed by atoms with Crippen LogP contribution in [0.1, 0.15) is 20.8 Å². The van der Waals surface area contributed by atoms with E-state index in [1.807, 2.05) is 30.3 Å². The average Bonchev–Trinajstić information content (AvgIpc) is 2.34. The molecule has 18 heavy (non-hydrogen) atoms. The molecule has 0 aliphatic rings. The van der Waals surface area contributed by atoms with Gasteiger partial charge < -0.3 is 4.74 Å². The molecule has 2 aromatic rings. The maximum atomic E-state index is 7.38. The van der Waals surface area contributed by atoms with E-state index in [0.717, 1.165) is 27.0 Å². The first-order valence-electron chi connectivity index (χ1n) is 6.55. The molecule has 2 aromatic carbocycles. The molecule has 0 radical (unpaired) electrons. The van der Waals surface area contributed by atoms with E-state index in [9.17, 15) is 0 Å². The van der Waals surface area contributed by atoms with Crippen molar-refractivity contribution in [2.45, 2.75) is 13.3 Å². The van der Waals surface area contributed by atoms with E-state index in [2.05, 4.69) is 15.9 Å². The van der Waals surface area contributed by atoms with Crippen LogP contribution in [0.15, 0.2) is 46.9 Å². The van der Waals surface area contributed by atoms with Gasteiger partial charge in [-0.25, -0.2) is 0 Å². The molecule has 0 aliphatic heterocycles. The Bertz CT molecular complexity index is 594. The van der Waals surface area contributed by atoms with Crippen LogP contribution in [0.25, 0.3) is 0 Å². The van der Waals surface area contributed by atoms with E-state index in [1.165, 1.54) is 6.92 Å². The van der Waals surface area contributed by atoms with E-state index in [-0.39, 0.29) is 0 Å². The van der Waals surface area contributed by atoms with E-state index < -0.39 is 6.56 Å². The van der Waals surface area contributed by atoms with Crippen molar-refractivity contribution in [3.8, 4) is 5.75 Å². The summed E-state index contributed by atoms with van der Waals surface area (Å²) in [4.78, 5) is 0. The minimum atomic E-state index is -1.67. The standard InChI is InChI=1S/C15H14BrClO/c1-2-18-14-6-3-11(4-7-14)9-12-10-13(16)5-8-15(12)17/h3-8,10H,2,9H2,1H3/i2D2. The summed E-state index contributed by atoms with van der Waals surface area (Å²) in [6.07, 6.45) is 0.720. The predicted molar refractivity (Wildman–Crippen MR) is 79.6 cm³/mol. The van der Waals surface area contributed by atoms with Crippen LogP contribution in [-0.2, 0) is 6.42 Å². The Labute approximate surface area is 124 Å². The van der Waals surface area contributed by atoms with Gasteiger partial charge in [-0.2, -0.15) is 0 Å². The third-order valence-electron chi connectivity index (χ3n) is 2.55. The number of hydrogen-bond acceptors (Lipinski definition) is 1. The molecule has 0 fully saturated rings. The molecule has 0 spiro atoms. The topological polar surface area (TPSA) is 9.23 Å². The SMILES string of the molecule is [2H]C([2H])(C)Oc1ccc(Cc2cc(Br)ccc2Cl)cc1. The molecule has 2 rings (SSSR count). The molecule has 0 N–H and O–H groups in total. The second-order valence-electron chi connectivity index (χ2n) is 3.86. The minimum Gasteiger partial charge on any atom is -0.494 e. The van der Waals surface area contributed by atoms with Gasteiger partial charge in [-0.05, 0) is 54.8 Å². The zero-order valence-electron chi connectivity index (χ0n) is 11.9. The van der Waals surface area contributed by atoms with Crippen molar-refractivity contribution >= 4 is 27.5 Å². The number of hydrogen-bond donors (Lipinski definition) is 0. The lowest BCUT2D eigenvalue weighted by atomic mass is 10.1. The summed E-state index contributed by atoms with van der Waals surface area (Å²) in [5.41, 5.74) is 2.13. The summed E-state index contributed by atoms with van der Waals surface area (Å²) < 4.78 is 20.9. The molecule has 94 valence electrons. The lowest BCUT2D eigenvalue weighted by molar-refractivity contribution is 0.340. The maximum Gasteiger partial charge on any atom is 0.119 e. The Kier molecular flexibility index (Phi) is 3.79. The lowest BCUT2D eigenvalue weighted by Gasteiger charge is -2.07. The number of benzene rings is 2. The molecule has 0 amide bonds. The summed E-state index contributed by atoms with van der Waals surface area (Å²) in [5, 5.41) is 0.735. The summed E-state index contributed by atoms with van der Waals surface area (Å²) >= 11 is 9.60. The zero-order valence-corrected chi connectivity index (χ0v) is 12.3. The monoisotopic (exact) mass is 326 g/mol. The second-order valence-corrected chi connectivity index (χ2v) is 5.19. The Morgan fingerprint density at radius 1 is 1.22 bits per heavy atom. The largest absolute Gasteiger partial charge is 0.494 e. The van der Waals surface area contributed by atoms with Crippen LogP contribution >= 0.6 is 27.5 Å². The third-order valence-corrected chi connectivity index (χ3v) is 3.41. The zero-order chi connectivity index (χ0) is 14.8. The van der Waals surface area contributed by atoms with Crippen molar-refractivity contribution in [3.63, 3.8) is 0 Å². The summed E-state index contributed by atoms with van der Waals surface area (Å²) in [6.45, 7) is -0.294. The highest BCUT2D eigenvalue weighted by molar-refractivity contribution is 9.10. The molecule has 0 aliphatic carbocycles. The van der Waals surface area contributed by atoms with Crippen molar-refractivity contribution in [2.75, 3.05) is 6.56 Å². The van der Waals surface area contributed by atoms with Gasteiger partial charge >= 0.3 is 0 Å². The van der Waals surface area contributed by atoms with Gasteiger partial charge in [-0.3, -0.25) is 0 Å². The van der Waals surface area contributed by atoms with Gasteiger partial charge in [-0.15, -0.1) is 0 Å². The van der Waals surface area contributed by atoms with E-state index in [0.29, 0.717) is 5.75 Å². The van der Waals surface area contributed by atoms with Crippen LogP contribution in [0, 0.1) is 0 Å². The van der Waals surface area contributed by atoms with Crippen molar-refractivity contribution < 1.29 is 7.48 Å². The smallest absolute Gasteiger partial charge is 0.119 e. The molecular weight excluding hydrogens is 312 g/mol. The number of rotatable bonds is 4. The minimum absolute atomic E-state index is 0.515. The highest BCUT2D eigenvalue weighted by Crippen LogP contribution is 2.24. The first-order chi connectivity index (χ1) is 9.33. The molecule has 0 aromatic heterocycles. The van der Waals surface area contributed by atoms with Crippen LogP contribution in [0.4, 0.5) is 0 Å². The third kappa shape index (κ3) is 3.50. The second kappa shape index (κ2) is 6.26. The van der Waals surface area contributed by atoms with Crippen molar-refractivity contribution in [3.05, 3.63) is 63.1 Å². The number of halogens is 2. The van der Waals surface area contributed by atoms with E-state index in [1.54, 1.807) is 12.1 Å². The highest BCUT2D eigenvalue weighted by atomic mass is 79.9. The van der Waals surface area contributed by atoms with Crippen LogP contribution in [-0.4, -0.2) is 6.56 Å². The predicted octanol–water partition coefficient (Wildman–Crippen LogP) is 5.09. The molecule has 1 nitrogen and oxygen atoms in total. The van der Waals surface area contributed by atoms with Crippen LogP contribution in [0.5, 0.6) is 5.75 Å². The Morgan fingerprint density at radius 2 is 1.94 bits per heavy atom. The first-order valence-corrected chi connectivity index (χ1v) is 6.72. The van der Waals surface area contributed by atoms with Gasteiger partial charge in [0, 0.05) is 9.50 Å². The van der Waals surface area contributed by atoms with Gasteiger partial charge in [-0.1, -0.05) is 39.7 Å². The van der Waals surface area contributed by atoms with Gasteiger partial charge in [0.15, 0.2) is 0 Å². The average molecular weight is 328 g/mol. The normalized spacial score (nSPS) is 12.8. The van der Waals surface area contributed by atoms with Crippen molar-refractivity contribution in [2.24, 2.45) is 0 Å². The summed E-state index contributed by atoms with van der Waals surface area (Å²) in [6, 6.07) is 13.1. The van der Waals surface area contributed by atoms with Crippen molar-refractivity contribution in [1.29, 1.82) is 0 Å². The van der Waals surface area contributed by atoms with Crippen molar-refractivity contribution in [1.82, 2.24) is 0 Å². The fourth-order valence-electron chi connectivity index (χ4n) is 1.69. The fraction of sp³-hybridized carbons (Fsp3) is 0.200. The fourth-order valence-corrected chi connectivity index (χ4v) is 2.28. The molecular formula is C15H14BrClO. The van der Waals surface area contributed by atoms with Gasteiger partial charge in [0.25, 0.3) is 0 Å². The van der Waals surface area contributed by atoms with Crippen LogP contribution in [0.2, 0.25) is 5.02 Å². The summed E-state index contributed by atoms with van der Waals surface area (Å²) in [5.74, 6) is 0.515. The van der Waals surface area contributed by atoms with E-state index >= 15 is 0 Å².